The van der Waals surface area contributed by atoms with E-state index in [0.29, 0.717) is 36.9 Å². The first-order chi connectivity index (χ1) is 14.0. The van der Waals surface area contributed by atoms with Gasteiger partial charge in [0.2, 0.25) is 11.8 Å². The van der Waals surface area contributed by atoms with Crippen molar-refractivity contribution in [2.45, 2.75) is 13.0 Å². The molecule has 0 bridgehead atoms. The van der Waals surface area contributed by atoms with Crippen molar-refractivity contribution in [3.63, 3.8) is 0 Å². The van der Waals surface area contributed by atoms with E-state index in [1.165, 1.54) is 7.11 Å². The fourth-order valence-corrected chi connectivity index (χ4v) is 3.67. The van der Waals surface area contributed by atoms with Gasteiger partial charge in [0.1, 0.15) is 12.6 Å². The third kappa shape index (κ3) is 5.35. The molecule has 1 N–H and O–H groups in total. The van der Waals surface area contributed by atoms with Gasteiger partial charge in [0, 0.05) is 44.0 Å². The average molecular weight is 416 g/mol. The van der Waals surface area contributed by atoms with Crippen LogP contribution in [0.2, 0.25) is 5.02 Å². The van der Waals surface area contributed by atoms with Crippen molar-refractivity contribution in [1.29, 1.82) is 0 Å². The number of hydrogen-bond acceptors (Lipinski definition) is 4. The fourth-order valence-electron chi connectivity index (χ4n) is 3.49. The summed E-state index contributed by atoms with van der Waals surface area (Å²) >= 11 is 6.20. The van der Waals surface area contributed by atoms with Crippen LogP contribution in [0.3, 0.4) is 0 Å². The van der Waals surface area contributed by atoms with Crippen molar-refractivity contribution < 1.29 is 14.3 Å². The molecule has 1 heterocycles. The van der Waals surface area contributed by atoms with Crippen LogP contribution in [0.4, 0.5) is 5.69 Å². The third-order valence-corrected chi connectivity index (χ3v) is 5.51. The van der Waals surface area contributed by atoms with Crippen LogP contribution >= 0.6 is 11.6 Å². The minimum absolute atomic E-state index is 0.0258. The second-order valence-electron chi connectivity index (χ2n) is 7.12. The molecule has 0 aromatic heterocycles. The summed E-state index contributed by atoms with van der Waals surface area (Å²) in [6.45, 7) is 4.35. The van der Waals surface area contributed by atoms with E-state index in [2.05, 4.69) is 10.2 Å². The molecule has 0 radical (unpaired) electrons. The number of anilines is 1. The van der Waals surface area contributed by atoms with Gasteiger partial charge in [-0.3, -0.25) is 14.5 Å². The smallest absolute Gasteiger partial charge is 0.248 e. The number of carbonyl (C=O) groups excluding carboxylic acids is 2. The molecular weight excluding hydrogens is 390 g/mol. The number of rotatable bonds is 6. The summed E-state index contributed by atoms with van der Waals surface area (Å²) in [6.07, 6.45) is 0. The highest BCUT2D eigenvalue weighted by molar-refractivity contribution is 6.31. The standard InChI is InChI=1S/C22H26ClN3O3/c1-16-8-9-18(14-19(16)23)24-22(28)21(17-6-4-3-5-7-17)26-12-10-25(11-13-26)20(27)15-29-2/h3-9,14,21H,10-13,15H2,1-2H3,(H,24,28). The number of hydrogen-bond donors (Lipinski definition) is 1. The number of aryl methyl sites for hydroxylation is 1. The number of carbonyl (C=O) groups is 2. The number of amides is 2. The minimum Gasteiger partial charge on any atom is -0.375 e. The van der Waals surface area contributed by atoms with Crippen LogP contribution in [0.5, 0.6) is 0 Å². The molecule has 6 nitrogen and oxygen atoms in total. The van der Waals surface area contributed by atoms with Gasteiger partial charge < -0.3 is 15.0 Å². The Labute approximate surface area is 176 Å². The van der Waals surface area contributed by atoms with Crippen LogP contribution < -0.4 is 5.32 Å². The number of benzene rings is 2. The minimum atomic E-state index is -0.448. The maximum atomic E-state index is 13.2. The molecule has 2 amide bonds. The third-order valence-electron chi connectivity index (χ3n) is 5.10. The van der Waals surface area contributed by atoms with E-state index in [1.54, 1.807) is 11.0 Å². The van der Waals surface area contributed by atoms with E-state index in [4.69, 9.17) is 16.3 Å². The Morgan fingerprint density at radius 3 is 2.41 bits per heavy atom. The molecule has 0 saturated carbocycles. The largest absolute Gasteiger partial charge is 0.375 e. The van der Waals surface area contributed by atoms with Crippen molar-refractivity contribution in [2.75, 3.05) is 45.2 Å². The second-order valence-corrected chi connectivity index (χ2v) is 7.52. The maximum Gasteiger partial charge on any atom is 0.248 e. The predicted octanol–water partition coefficient (Wildman–Crippen LogP) is 3.12. The zero-order chi connectivity index (χ0) is 20.8. The van der Waals surface area contributed by atoms with Gasteiger partial charge in [-0.1, -0.05) is 48.0 Å². The monoisotopic (exact) mass is 415 g/mol. The molecule has 1 saturated heterocycles. The lowest BCUT2D eigenvalue weighted by molar-refractivity contribution is -0.137. The molecule has 1 fully saturated rings. The second kappa shape index (κ2) is 9.87. The molecule has 1 atom stereocenters. The molecule has 1 aliphatic heterocycles. The Morgan fingerprint density at radius 2 is 1.79 bits per heavy atom. The molecule has 2 aromatic rings. The topological polar surface area (TPSA) is 61.9 Å². The first-order valence-electron chi connectivity index (χ1n) is 9.62. The number of nitrogens with zero attached hydrogens (tertiary/aromatic N) is 2. The average Bonchev–Trinajstić information content (AvgIpc) is 2.72. The van der Waals surface area contributed by atoms with Crippen molar-refractivity contribution in [3.05, 3.63) is 64.7 Å². The molecular formula is C22H26ClN3O3. The van der Waals surface area contributed by atoms with Gasteiger partial charge in [-0.2, -0.15) is 0 Å². The lowest BCUT2D eigenvalue weighted by Crippen LogP contribution is -2.52. The quantitative estimate of drug-likeness (QED) is 0.787. The van der Waals surface area contributed by atoms with Crippen LogP contribution in [0.25, 0.3) is 0 Å². The van der Waals surface area contributed by atoms with Crippen LogP contribution in [0.1, 0.15) is 17.2 Å². The van der Waals surface area contributed by atoms with Crippen LogP contribution in [0.15, 0.2) is 48.5 Å². The van der Waals surface area contributed by atoms with Crippen LogP contribution in [-0.4, -0.2) is 61.5 Å². The van der Waals surface area contributed by atoms with E-state index in [-0.39, 0.29) is 18.4 Å². The Morgan fingerprint density at radius 1 is 1.10 bits per heavy atom. The molecule has 0 aliphatic carbocycles. The van der Waals surface area contributed by atoms with Crippen LogP contribution in [-0.2, 0) is 14.3 Å². The summed E-state index contributed by atoms with van der Waals surface area (Å²) in [4.78, 5) is 29.2. The SMILES string of the molecule is COCC(=O)N1CCN(C(C(=O)Nc2ccc(C)c(Cl)c2)c2ccccc2)CC1. The highest BCUT2D eigenvalue weighted by atomic mass is 35.5. The Hall–Kier alpha value is -2.41. The summed E-state index contributed by atoms with van der Waals surface area (Å²) in [7, 11) is 1.52. The van der Waals surface area contributed by atoms with Crippen molar-refractivity contribution in [1.82, 2.24) is 9.80 Å². The van der Waals surface area contributed by atoms with Crippen molar-refractivity contribution in [3.8, 4) is 0 Å². The molecule has 29 heavy (non-hydrogen) atoms. The van der Waals surface area contributed by atoms with E-state index in [0.717, 1.165) is 11.1 Å². The summed E-state index contributed by atoms with van der Waals surface area (Å²) < 4.78 is 4.94. The summed E-state index contributed by atoms with van der Waals surface area (Å²) in [5.41, 5.74) is 2.54. The van der Waals surface area contributed by atoms with E-state index < -0.39 is 6.04 Å². The van der Waals surface area contributed by atoms with E-state index in [1.807, 2.05) is 49.4 Å². The first-order valence-corrected chi connectivity index (χ1v) is 10.00. The molecule has 3 rings (SSSR count). The lowest BCUT2D eigenvalue weighted by atomic mass is 10.0. The van der Waals surface area contributed by atoms with Gasteiger partial charge in [0.05, 0.1) is 0 Å². The number of methoxy groups -OCH3 is 1. The normalized spacial score (nSPS) is 15.8. The van der Waals surface area contributed by atoms with Gasteiger partial charge in [-0.05, 0) is 30.2 Å². The highest BCUT2D eigenvalue weighted by Gasteiger charge is 2.31. The predicted molar refractivity (Wildman–Crippen MR) is 114 cm³/mol. The van der Waals surface area contributed by atoms with Gasteiger partial charge in [0.25, 0.3) is 0 Å². The van der Waals surface area contributed by atoms with E-state index >= 15 is 0 Å². The van der Waals surface area contributed by atoms with Gasteiger partial charge >= 0.3 is 0 Å². The van der Waals surface area contributed by atoms with Crippen molar-refractivity contribution >= 4 is 29.1 Å². The van der Waals surface area contributed by atoms with E-state index in [9.17, 15) is 9.59 Å². The summed E-state index contributed by atoms with van der Waals surface area (Å²) in [5, 5.41) is 3.61. The number of ether oxygens (including phenoxy) is 1. The molecule has 1 unspecified atom stereocenters. The number of nitrogens with one attached hydrogen (secondary N) is 1. The Kier molecular flexibility index (Phi) is 7.25. The summed E-state index contributed by atoms with van der Waals surface area (Å²) in [5.74, 6) is -0.144. The fraction of sp³-hybridized carbons (Fsp3) is 0.364. The molecule has 7 heteroatoms. The lowest BCUT2D eigenvalue weighted by Gasteiger charge is -2.38. The highest BCUT2D eigenvalue weighted by Crippen LogP contribution is 2.26. The van der Waals surface area contributed by atoms with Crippen LogP contribution in [0, 0.1) is 6.92 Å². The zero-order valence-corrected chi connectivity index (χ0v) is 17.5. The van der Waals surface area contributed by atoms with Crippen molar-refractivity contribution in [2.24, 2.45) is 0 Å². The molecule has 2 aromatic carbocycles. The Bertz CT molecular complexity index is 852. The zero-order valence-electron chi connectivity index (χ0n) is 16.7. The molecule has 1 aliphatic rings. The summed E-state index contributed by atoms with van der Waals surface area (Å²) in [6, 6.07) is 14.7. The molecule has 154 valence electrons. The number of halogens is 1. The first kappa shape index (κ1) is 21.3. The molecule has 0 spiro atoms. The maximum absolute atomic E-state index is 13.2. The number of piperazine rings is 1. The van der Waals surface area contributed by atoms with Gasteiger partial charge in [0.15, 0.2) is 0 Å². The Balaban J connectivity index is 1.76. The van der Waals surface area contributed by atoms with Gasteiger partial charge in [-0.25, -0.2) is 0 Å². The van der Waals surface area contributed by atoms with Gasteiger partial charge in [-0.15, -0.1) is 0 Å².